The first-order valence-electron chi connectivity index (χ1n) is 13.7. The fourth-order valence-corrected chi connectivity index (χ4v) is 5.67. The summed E-state index contributed by atoms with van der Waals surface area (Å²) in [5.41, 5.74) is 4.06. The second-order valence-electron chi connectivity index (χ2n) is 9.63. The van der Waals surface area contributed by atoms with Crippen LogP contribution in [0.1, 0.15) is 30.9 Å². The Bertz CT molecular complexity index is 1590. The lowest BCUT2D eigenvalue weighted by Gasteiger charge is -2.30. The molecule has 1 aliphatic heterocycles. The molecule has 4 rings (SSSR count). The van der Waals surface area contributed by atoms with Gasteiger partial charge in [0.05, 0.1) is 54.9 Å². The summed E-state index contributed by atoms with van der Waals surface area (Å²) in [6.45, 7) is 6.10. The summed E-state index contributed by atoms with van der Waals surface area (Å²) in [6, 6.07) is 22.3. The normalized spacial score (nSPS) is 14.4. The van der Waals surface area contributed by atoms with Crippen molar-refractivity contribution in [2.45, 2.75) is 26.7 Å². The van der Waals surface area contributed by atoms with E-state index < -0.39 is 5.92 Å². The number of nitrogens with one attached hydrogen (secondary N) is 3. The Hall–Kier alpha value is -4.88. The molecule has 0 aliphatic carbocycles. The molecule has 0 bridgehead atoms. The van der Waals surface area contributed by atoms with Crippen molar-refractivity contribution in [3.63, 3.8) is 0 Å². The van der Waals surface area contributed by atoms with Crippen LogP contribution in [0.2, 0.25) is 0 Å². The molecule has 1 heterocycles. The summed E-state index contributed by atoms with van der Waals surface area (Å²) >= 11 is 1.19. The number of dihydropyridines is 1. The summed E-state index contributed by atoms with van der Waals surface area (Å²) in [4.78, 5) is 26.7. The number of benzene rings is 3. The van der Waals surface area contributed by atoms with E-state index in [1.165, 1.54) is 18.9 Å². The Morgan fingerprint density at radius 3 is 2.30 bits per heavy atom. The van der Waals surface area contributed by atoms with Crippen molar-refractivity contribution >= 4 is 35.0 Å². The molecule has 3 aromatic carbocycles. The number of para-hydroxylation sites is 1. The zero-order valence-corrected chi connectivity index (χ0v) is 25.6. The summed E-state index contributed by atoms with van der Waals surface area (Å²) < 4.78 is 16.4. The molecule has 43 heavy (non-hydrogen) atoms. The fourth-order valence-electron chi connectivity index (χ4n) is 4.78. The van der Waals surface area contributed by atoms with Gasteiger partial charge in [0.15, 0.2) is 0 Å². The van der Waals surface area contributed by atoms with Crippen LogP contribution in [-0.4, -0.2) is 38.4 Å². The standard InChI is InChI=1S/C33H34N4O5S/c1-6-42-24-14-12-22(13-15-24)31-25(18-34)33(35-21(3)30(31)32(39)36-23-10-8-7-9-11-23)43-19-29(38)37-26-17-27(40-4)20(2)16-28(26)41-5/h7-17,31,35H,6,19H2,1-5H3,(H,36,39)(H,37,38). The highest BCUT2D eigenvalue weighted by Crippen LogP contribution is 2.41. The molecule has 2 amide bonds. The van der Waals surface area contributed by atoms with Crippen molar-refractivity contribution in [2.24, 2.45) is 0 Å². The summed E-state index contributed by atoms with van der Waals surface area (Å²) in [5, 5.41) is 19.9. The van der Waals surface area contributed by atoms with Gasteiger partial charge in [-0.15, -0.1) is 0 Å². The number of ether oxygens (including phenoxy) is 3. The number of carbonyl (C=O) groups is 2. The SMILES string of the molecule is CCOc1ccc(C2C(C#N)=C(SCC(=O)Nc3cc(OC)c(C)cc3OC)NC(C)=C2C(=O)Nc2ccccc2)cc1. The summed E-state index contributed by atoms with van der Waals surface area (Å²) in [6.07, 6.45) is 0. The largest absolute Gasteiger partial charge is 0.496 e. The lowest BCUT2D eigenvalue weighted by molar-refractivity contribution is -0.114. The second-order valence-corrected chi connectivity index (χ2v) is 10.6. The molecule has 222 valence electrons. The topological polar surface area (TPSA) is 122 Å². The van der Waals surface area contributed by atoms with E-state index in [0.29, 0.717) is 57.1 Å². The first-order valence-corrected chi connectivity index (χ1v) is 14.6. The molecule has 0 saturated carbocycles. The minimum Gasteiger partial charge on any atom is -0.496 e. The van der Waals surface area contributed by atoms with Gasteiger partial charge >= 0.3 is 0 Å². The molecule has 0 fully saturated rings. The van der Waals surface area contributed by atoms with Crippen LogP contribution in [0.5, 0.6) is 17.2 Å². The van der Waals surface area contributed by atoms with Crippen LogP contribution in [0.4, 0.5) is 11.4 Å². The predicted molar refractivity (Wildman–Crippen MR) is 169 cm³/mol. The van der Waals surface area contributed by atoms with Crippen LogP contribution < -0.4 is 30.2 Å². The van der Waals surface area contributed by atoms with Gasteiger partial charge in [0.25, 0.3) is 5.91 Å². The average molecular weight is 599 g/mol. The fraction of sp³-hybridized carbons (Fsp3) is 0.242. The number of methoxy groups -OCH3 is 2. The lowest BCUT2D eigenvalue weighted by Crippen LogP contribution is -2.31. The third-order valence-electron chi connectivity index (χ3n) is 6.79. The molecule has 1 aliphatic rings. The molecule has 3 N–H and O–H groups in total. The van der Waals surface area contributed by atoms with Crippen LogP contribution in [0.15, 0.2) is 88.6 Å². The molecule has 0 radical (unpaired) electrons. The van der Waals surface area contributed by atoms with E-state index in [0.717, 1.165) is 11.1 Å². The maximum Gasteiger partial charge on any atom is 0.254 e. The quantitative estimate of drug-likeness (QED) is 0.242. The van der Waals surface area contributed by atoms with Crippen molar-refractivity contribution < 1.29 is 23.8 Å². The first-order chi connectivity index (χ1) is 20.8. The Morgan fingerprint density at radius 2 is 1.67 bits per heavy atom. The number of aryl methyl sites for hydroxylation is 1. The first kappa shape index (κ1) is 31.1. The van der Waals surface area contributed by atoms with Gasteiger partial charge in [-0.05, 0) is 62.2 Å². The highest BCUT2D eigenvalue weighted by Gasteiger charge is 2.35. The molecule has 10 heteroatoms. The summed E-state index contributed by atoms with van der Waals surface area (Å²) in [7, 11) is 3.09. The van der Waals surface area contributed by atoms with Gasteiger partial charge in [-0.25, -0.2) is 0 Å². The monoisotopic (exact) mass is 598 g/mol. The van der Waals surface area contributed by atoms with Gasteiger partial charge in [-0.2, -0.15) is 5.26 Å². The van der Waals surface area contributed by atoms with Crippen molar-refractivity contribution in [1.29, 1.82) is 5.26 Å². The second kappa shape index (κ2) is 14.3. The predicted octanol–water partition coefficient (Wildman–Crippen LogP) is 6.12. The zero-order chi connectivity index (χ0) is 30.9. The van der Waals surface area contributed by atoms with Gasteiger partial charge < -0.3 is 30.2 Å². The molecule has 9 nitrogen and oxygen atoms in total. The van der Waals surface area contributed by atoms with Gasteiger partial charge in [0, 0.05) is 23.0 Å². The minimum atomic E-state index is -0.669. The molecule has 1 atom stereocenters. The number of amides is 2. The van der Waals surface area contributed by atoms with Gasteiger partial charge in [0.2, 0.25) is 5.91 Å². The number of carbonyl (C=O) groups excluding carboxylic acids is 2. The highest BCUT2D eigenvalue weighted by atomic mass is 32.2. The molecule has 0 saturated heterocycles. The number of rotatable bonds is 11. The van der Waals surface area contributed by atoms with Crippen LogP contribution in [0.3, 0.4) is 0 Å². The Morgan fingerprint density at radius 1 is 0.977 bits per heavy atom. The van der Waals surface area contributed by atoms with Crippen LogP contribution in [-0.2, 0) is 9.59 Å². The van der Waals surface area contributed by atoms with E-state index in [-0.39, 0.29) is 17.6 Å². The Balaban J connectivity index is 1.63. The Kier molecular flexibility index (Phi) is 10.4. The molecular formula is C33H34N4O5S. The third kappa shape index (κ3) is 7.31. The van der Waals surface area contributed by atoms with Crippen molar-refractivity contribution in [2.75, 3.05) is 37.2 Å². The number of nitriles is 1. The number of anilines is 2. The average Bonchev–Trinajstić information content (AvgIpc) is 3.01. The number of hydrogen-bond donors (Lipinski definition) is 3. The number of thioether (sulfide) groups is 1. The smallest absolute Gasteiger partial charge is 0.254 e. The molecule has 1 unspecified atom stereocenters. The molecular weight excluding hydrogens is 564 g/mol. The number of hydrogen-bond acceptors (Lipinski definition) is 8. The van der Waals surface area contributed by atoms with E-state index in [2.05, 4.69) is 22.0 Å². The maximum absolute atomic E-state index is 13.6. The van der Waals surface area contributed by atoms with Crippen LogP contribution >= 0.6 is 11.8 Å². The third-order valence-corrected chi connectivity index (χ3v) is 7.80. The van der Waals surface area contributed by atoms with Crippen molar-refractivity contribution in [1.82, 2.24) is 5.32 Å². The van der Waals surface area contributed by atoms with E-state index in [4.69, 9.17) is 14.2 Å². The van der Waals surface area contributed by atoms with E-state index in [1.807, 2.05) is 56.3 Å². The van der Waals surface area contributed by atoms with Crippen molar-refractivity contribution in [3.05, 3.63) is 99.7 Å². The van der Waals surface area contributed by atoms with Crippen LogP contribution in [0, 0.1) is 18.3 Å². The summed E-state index contributed by atoms with van der Waals surface area (Å²) in [5.74, 6) is 0.519. The van der Waals surface area contributed by atoms with E-state index in [1.54, 1.807) is 38.3 Å². The molecule has 3 aromatic rings. The highest BCUT2D eigenvalue weighted by molar-refractivity contribution is 8.03. The van der Waals surface area contributed by atoms with E-state index in [9.17, 15) is 14.9 Å². The van der Waals surface area contributed by atoms with Crippen LogP contribution in [0.25, 0.3) is 0 Å². The maximum atomic E-state index is 13.6. The van der Waals surface area contributed by atoms with Gasteiger partial charge in [-0.3, -0.25) is 9.59 Å². The minimum absolute atomic E-state index is 0.00167. The van der Waals surface area contributed by atoms with E-state index >= 15 is 0 Å². The number of allylic oxidation sites excluding steroid dienone is 2. The molecule has 0 spiro atoms. The lowest BCUT2D eigenvalue weighted by atomic mass is 9.82. The van der Waals surface area contributed by atoms with Gasteiger partial charge in [-0.1, -0.05) is 42.1 Å². The number of nitrogens with zero attached hydrogens (tertiary/aromatic N) is 1. The zero-order valence-electron chi connectivity index (χ0n) is 24.7. The van der Waals surface area contributed by atoms with Crippen molar-refractivity contribution in [3.8, 4) is 23.3 Å². The Labute approximate surface area is 255 Å². The van der Waals surface area contributed by atoms with Gasteiger partial charge in [0.1, 0.15) is 17.2 Å². The molecule has 0 aromatic heterocycles.